The lowest BCUT2D eigenvalue weighted by Gasteiger charge is -2.38. The van der Waals surface area contributed by atoms with Gasteiger partial charge in [0.2, 0.25) is 0 Å². The summed E-state index contributed by atoms with van der Waals surface area (Å²) in [6.45, 7) is 18.4. The number of amides is 1. The summed E-state index contributed by atoms with van der Waals surface area (Å²) in [6.07, 6.45) is 4.73. The molecule has 0 aliphatic heterocycles. The molecule has 28 heavy (non-hydrogen) atoms. The van der Waals surface area contributed by atoms with Gasteiger partial charge in [-0.3, -0.25) is 9.78 Å². The molecule has 0 radical (unpaired) electrons. The van der Waals surface area contributed by atoms with Crippen molar-refractivity contribution < 1.29 is 4.79 Å². The van der Waals surface area contributed by atoms with E-state index in [2.05, 4.69) is 77.2 Å². The Morgan fingerprint density at radius 3 is 2.14 bits per heavy atom. The van der Waals surface area contributed by atoms with Crippen LogP contribution in [0.25, 0.3) is 0 Å². The minimum absolute atomic E-state index is 0.0774. The molecule has 3 nitrogen and oxygen atoms in total. The van der Waals surface area contributed by atoms with Gasteiger partial charge in [-0.15, -0.1) is 11.5 Å². The number of rotatable bonds is 9. The summed E-state index contributed by atoms with van der Waals surface area (Å²) in [4.78, 5) is 16.5. The molecule has 0 bridgehead atoms. The first-order valence-corrected chi connectivity index (χ1v) is 13.1. The summed E-state index contributed by atoms with van der Waals surface area (Å²) in [5.41, 5.74) is 6.27. The van der Waals surface area contributed by atoms with Crippen LogP contribution in [0.3, 0.4) is 0 Å². The summed E-state index contributed by atoms with van der Waals surface area (Å²) in [6, 6.07) is 5.49. The van der Waals surface area contributed by atoms with Gasteiger partial charge in [-0.25, -0.2) is 0 Å². The normalized spacial score (nSPS) is 14.0. The molecule has 1 aromatic heterocycles. The average molecular weight is 401 g/mol. The first-order chi connectivity index (χ1) is 13.1. The quantitative estimate of drug-likeness (QED) is 0.394. The summed E-state index contributed by atoms with van der Waals surface area (Å²) in [7, 11) is -1.71. The molecule has 0 aromatic carbocycles. The van der Waals surface area contributed by atoms with Gasteiger partial charge in [-0.1, -0.05) is 61.0 Å². The summed E-state index contributed by atoms with van der Waals surface area (Å²) >= 11 is 0. The topological polar surface area (TPSA) is 42.0 Å². The molecule has 156 valence electrons. The summed E-state index contributed by atoms with van der Waals surface area (Å²) < 4.78 is 0. The molecule has 1 rings (SSSR count). The van der Waals surface area contributed by atoms with E-state index in [4.69, 9.17) is 0 Å². The van der Waals surface area contributed by atoms with Gasteiger partial charge in [0.25, 0.3) is 5.91 Å². The van der Waals surface area contributed by atoms with Crippen LogP contribution in [-0.4, -0.2) is 25.0 Å². The Morgan fingerprint density at radius 1 is 1.07 bits per heavy atom. The van der Waals surface area contributed by atoms with Gasteiger partial charge in [0.1, 0.15) is 13.8 Å². The van der Waals surface area contributed by atoms with Crippen LogP contribution in [0, 0.1) is 17.4 Å². The van der Waals surface area contributed by atoms with Crippen molar-refractivity contribution in [1.29, 1.82) is 0 Å². The zero-order valence-electron chi connectivity index (χ0n) is 19.2. The van der Waals surface area contributed by atoms with Crippen molar-refractivity contribution in [3.63, 3.8) is 0 Å². The SMILES string of the molecule is CCCC(C#C[Si](C(C)C)(C(C)C)C(C)C)CC(C)NC(=O)c1ccccn1. The molecule has 2 unspecified atom stereocenters. The largest absolute Gasteiger partial charge is 0.348 e. The molecule has 0 aliphatic carbocycles. The second-order valence-electron chi connectivity index (χ2n) is 8.98. The number of carbonyl (C=O) groups is 1. The number of carbonyl (C=O) groups excluding carboxylic acids is 1. The van der Waals surface area contributed by atoms with E-state index >= 15 is 0 Å². The molecule has 0 saturated heterocycles. The van der Waals surface area contributed by atoms with Gasteiger partial charge < -0.3 is 5.32 Å². The standard InChI is InChI=1S/C24H40N2OSi/c1-9-12-22(14-16-28(18(2)3,19(4)5)20(6)7)17-21(8)26-24(27)23-13-10-11-15-25-23/h10-11,13,15,18-22H,9,12,17H2,1-8H3,(H,26,27). The van der Waals surface area contributed by atoms with Crippen LogP contribution in [0.2, 0.25) is 16.6 Å². The van der Waals surface area contributed by atoms with Crippen LogP contribution < -0.4 is 5.32 Å². The number of nitrogens with zero attached hydrogens (tertiary/aromatic N) is 1. The maximum atomic E-state index is 12.4. The van der Waals surface area contributed by atoms with Crippen molar-refractivity contribution in [2.45, 2.75) is 97.3 Å². The van der Waals surface area contributed by atoms with E-state index in [0.717, 1.165) is 19.3 Å². The van der Waals surface area contributed by atoms with Crippen molar-refractivity contribution in [2.24, 2.45) is 5.92 Å². The Bertz CT molecular complexity index is 636. The van der Waals surface area contributed by atoms with E-state index in [1.165, 1.54) is 0 Å². The molecule has 1 heterocycles. The number of aromatic nitrogens is 1. The molecular weight excluding hydrogens is 360 g/mol. The first-order valence-electron chi connectivity index (χ1n) is 10.9. The molecule has 2 atom stereocenters. The molecule has 0 aliphatic rings. The van der Waals surface area contributed by atoms with Crippen LogP contribution in [0.5, 0.6) is 0 Å². The molecule has 0 saturated carbocycles. The number of pyridine rings is 1. The number of hydrogen-bond donors (Lipinski definition) is 1. The van der Waals surface area contributed by atoms with Gasteiger partial charge in [0, 0.05) is 18.2 Å². The zero-order valence-corrected chi connectivity index (χ0v) is 20.2. The maximum Gasteiger partial charge on any atom is 0.270 e. The van der Waals surface area contributed by atoms with Crippen molar-refractivity contribution in [3.8, 4) is 11.5 Å². The van der Waals surface area contributed by atoms with E-state index in [1.54, 1.807) is 12.3 Å². The van der Waals surface area contributed by atoms with Crippen LogP contribution >= 0.6 is 0 Å². The van der Waals surface area contributed by atoms with Gasteiger partial charge in [-0.05, 0) is 48.5 Å². The van der Waals surface area contributed by atoms with Crippen molar-refractivity contribution in [2.75, 3.05) is 0 Å². The molecule has 4 heteroatoms. The highest BCUT2D eigenvalue weighted by molar-refractivity contribution is 6.90. The smallest absolute Gasteiger partial charge is 0.270 e. The lowest BCUT2D eigenvalue weighted by molar-refractivity contribution is 0.0931. The second kappa shape index (κ2) is 11.4. The van der Waals surface area contributed by atoms with Gasteiger partial charge in [-0.2, -0.15) is 0 Å². The highest BCUT2D eigenvalue weighted by atomic mass is 28.3. The van der Waals surface area contributed by atoms with Gasteiger partial charge in [0.05, 0.1) is 0 Å². The molecule has 1 N–H and O–H groups in total. The van der Waals surface area contributed by atoms with E-state index in [1.807, 2.05) is 12.1 Å². The predicted octanol–water partition coefficient (Wildman–Crippen LogP) is 6.23. The van der Waals surface area contributed by atoms with Crippen LogP contribution in [0.4, 0.5) is 0 Å². The third-order valence-electron chi connectivity index (χ3n) is 5.91. The lowest BCUT2D eigenvalue weighted by Crippen LogP contribution is -2.43. The van der Waals surface area contributed by atoms with E-state index in [-0.39, 0.29) is 11.9 Å². The predicted molar refractivity (Wildman–Crippen MR) is 123 cm³/mol. The fourth-order valence-electron chi connectivity index (χ4n) is 4.54. The van der Waals surface area contributed by atoms with Crippen molar-refractivity contribution in [3.05, 3.63) is 30.1 Å². The first kappa shape index (κ1) is 24.4. The Labute approximate surface area is 174 Å². The van der Waals surface area contributed by atoms with Crippen LogP contribution in [-0.2, 0) is 0 Å². The van der Waals surface area contributed by atoms with E-state index in [9.17, 15) is 4.79 Å². The Hall–Kier alpha value is -1.60. The third kappa shape index (κ3) is 6.48. The Kier molecular flexibility index (Phi) is 9.96. The molecule has 1 aromatic rings. The highest BCUT2D eigenvalue weighted by Gasteiger charge is 2.41. The van der Waals surface area contributed by atoms with E-state index in [0.29, 0.717) is 28.2 Å². The maximum absolute atomic E-state index is 12.4. The lowest BCUT2D eigenvalue weighted by atomic mass is 9.97. The van der Waals surface area contributed by atoms with Crippen LogP contribution in [0.15, 0.2) is 24.4 Å². The number of hydrogen-bond acceptors (Lipinski definition) is 2. The summed E-state index contributed by atoms with van der Waals surface area (Å²) in [5, 5.41) is 3.09. The van der Waals surface area contributed by atoms with Crippen molar-refractivity contribution >= 4 is 14.0 Å². The average Bonchev–Trinajstić information content (AvgIpc) is 2.62. The molecular formula is C24H40N2OSi. The minimum atomic E-state index is -1.71. The molecule has 0 fully saturated rings. The van der Waals surface area contributed by atoms with E-state index < -0.39 is 8.07 Å². The Morgan fingerprint density at radius 2 is 1.68 bits per heavy atom. The van der Waals surface area contributed by atoms with Crippen molar-refractivity contribution in [1.82, 2.24) is 10.3 Å². The van der Waals surface area contributed by atoms with Gasteiger partial charge in [0.15, 0.2) is 0 Å². The molecule has 1 amide bonds. The monoisotopic (exact) mass is 400 g/mol. The highest BCUT2D eigenvalue weighted by Crippen LogP contribution is 2.40. The number of nitrogens with one attached hydrogen (secondary N) is 1. The third-order valence-corrected chi connectivity index (χ3v) is 12.2. The zero-order chi connectivity index (χ0) is 21.3. The second-order valence-corrected chi connectivity index (χ2v) is 14.6. The van der Waals surface area contributed by atoms with Crippen LogP contribution in [0.1, 0.15) is 85.1 Å². The Balaban J connectivity index is 2.93. The molecule has 0 spiro atoms. The minimum Gasteiger partial charge on any atom is -0.348 e. The fourth-order valence-corrected chi connectivity index (χ4v) is 9.86. The fraction of sp³-hybridized carbons (Fsp3) is 0.667. The van der Waals surface area contributed by atoms with Gasteiger partial charge >= 0.3 is 0 Å². The summed E-state index contributed by atoms with van der Waals surface area (Å²) in [5.74, 6) is 3.92.